The first-order chi connectivity index (χ1) is 13.2. The van der Waals surface area contributed by atoms with Gasteiger partial charge in [-0.05, 0) is 75.7 Å². The molecular weight excluding hydrogens is 336 g/mol. The van der Waals surface area contributed by atoms with E-state index in [1.807, 2.05) is 0 Å². The van der Waals surface area contributed by atoms with Crippen LogP contribution in [0.25, 0.3) is 0 Å². The van der Waals surface area contributed by atoms with E-state index in [9.17, 15) is 4.79 Å². The van der Waals surface area contributed by atoms with Gasteiger partial charge < -0.3 is 20.4 Å². The van der Waals surface area contributed by atoms with Crippen molar-refractivity contribution in [1.82, 2.24) is 15.5 Å². The molecule has 3 rings (SSSR count). The van der Waals surface area contributed by atoms with Crippen LogP contribution in [0.4, 0.5) is 10.5 Å². The lowest BCUT2D eigenvalue weighted by molar-refractivity contribution is 0.189. The number of fused-ring (bicyclic) bond motifs is 1. The summed E-state index contributed by atoms with van der Waals surface area (Å²) in [5, 5.41) is 5.98. The zero-order valence-corrected chi connectivity index (χ0v) is 16.9. The van der Waals surface area contributed by atoms with Crippen LogP contribution in [-0.2, 0) is 6.42 Å². The first kappa shape index (κ1) is 20.0. The number of unbranched alkanes of at least 4 members (excludes halogenated alkanes) is 1. The molecule has 0 atom stereocenters. The summed E-state index contributed by atoms with van der Waals surface area (Å²) >= 11 is 0. The fourth-order valence-electron chi connectivity index (χ4n) is 4.12. The number of nitrogens with one attached hydrogen (secondary N) is 2. The minimum absolute atomic E-state index is 0.0244. The first-order valence-corrected chi connectivity index (χ1v) is 10.8. The number of anilines is 1. The van der Waals surface area contributed by atoms with Crippen molar-refractivity contribution >= 4 is 11.7 Å². The van der Waals surface area contributed by atoms with Gasteiger partial charge in [-0.25, -0.2) is 4.79 Å². The molecule has 0 unspecified atom stereocenters. The molecule has 150 valence electrons. The molecule has 1 saturated heterocycles. The number of likely N-dealkylation sites (tertiary alicyclic amines) is 1. The Morgan fingerprint density at radius 3 is 2.56 bits per heavy atom. The Morgan fingerprint density at radius 1 is 1.00 bits per heavy atom. The van der Waals surface area contributed by atoms with Crippen molar-refractivity contribution in [2.45, 2.75) is 45.4 Å². The van der Waals surface area contributed by atoms with Gasteiger partial charge in [0.05, 0.1) is 0 Å². The van der Waals surface area contributed by atoms with Gasteiger partial charge in [0.1, 0.15) is 0 Å². The number of para-hydroxylation sites is 1. The molecule has 5 heteroatoms. The lowest BCUT2D eigenvalue weighted by atomic mass is 9.99. The van der Waals surface area contributed by atoms with E-state index in [4.69, 9.17) is 0 Å². The quantitative estimate of drug-likeness (QED) is 0.654. The van der Waals surface area contributed by atoms with Crippen LogP contribution in [0, 0.1) is 5.92 Å². The first-order valence-electron chi connectivity index (χ1n) is 10.8. The van der Waals surface area contributed by atoms with Crippen molar-refractivity contribution in [1.29, 1.82) is 0 Å². The highest BCUT2D eigenvalue weighted by Gasteiger charge is 2.17. The van der Waals surface area contributed by atoms with Crippen LogP contribution in [-0.4, -0.2) is 56.7 Å². The van der Waals surface area contributed by atoms with E-state index in [0.717, 1.165) is 51.4 Å². The maximum absolute atomic E-state index is 11.9. The van der Waals surface area contributed by atoms with Gasteiger partial charge in [-0.2, -0.15) is 0 Å². The smallest absolute Gasteiger partial charge is 0.314 e. The topological polar surface area (TPSA) is 47.6 Å². The van der Waals surface area contributed by atoms with Gasteiger partial charge in [0.25, 0.3) is 0 Å². The Kier molecular flexibility index (Phi) is 7.81. The van der Waals surface area contributed by atoms with Gasteiger partial charge in [-0.3, -0.25) is 0 Å². The lowest BCUT2D eigenvalue weighted by Crippen LogP contribution is -2.38. The molecule has 1 aromatic rings. The van der Waals surface area contributed by atoms with E-state index in [0.29, 0.717) is 0 Å². The summed E-state index contributed by atoms with van der Waals surface area (Å²) in [6.07, 6.45) is 7.02. The summed E-state index contributed by atoms with van der Waals surface area (Å²) < 4.78 is 0. The van der Waals surface area contributed by atoms with Crippen molar-refractivity contribution in [3.05, 3.63) is 29.8 Å². The minimum Gasteiger partial charge on any atom is -0.371 e. The number of hydrogen-bond acceptors (Lipinski definition) is 3. The molecule has 0 spiro atoms. The van der Waals surface area contributed by atoms with Crippen molar-refractivity contribution in [2.75, 3.05) is 50.7 Å². The van der Waals surface area contributed by atoms with Crippen LogP contribution < -0.4 is 15.5 Å². The number of amides is 2. The number of hydrogen-bond donors (Lipinski definition) is 2. The Morgan fingerprint density at radius 2 is 1.74 bits per heavy atom. The van der Waals surface area contributed by atoms with Crippen molar-refractivity contribution in [2.24, 2.45) is 5.92 Å². The van der Waals surface area contributed by atoms with Crippen LogP contribution in [0.3, 0.4) is 0 Å². The second kappa shape index (κ2) is 10.5. The Bertz CT molecular complexity index is 583. The van der Waals surface area contributed by atoms with Gasteiger partial charge in [0, 0.05) is 31.9 Å². The second-order valence-corrected chi connectivity index (χ2v) is 8.13. The number of piperidine rings is 1. The minimum atomic E-state index is -0.0244. The number of nitrogens with zero attached hydrogens (tertiary/aromatic N) is 2. The number of carbonyl (C=O) groups is 1. The van der Waals surface area contributed by atoms with E-state index < -0.39 is 0 Å². The van der Waals surface area contributed by atoms with Crippen molar-refractivity contribution in [3.63, 3.8) is 0 Å². The van der Waals surface area contributed by atoms with Crippen LogP contribution in [0.2, 0.25) is 0 Å². The molecule has 27 heavy (non-hydrogen) atoms. The Hall–Kier alpha value is -1.75. The molecule has 2 aliphatic heterocycles. The predicted octanol–water partition coefficient (Wildman–Crippen LogP) is 3.25. The van der Waals surface area contributed by atoms with E-state index in [2.05, 4.69) is 51.6 Å². The van der Waals surface area contributed by atoms with Gasteiger partial charge in [0.2, 0.25) is 0 Å². The maximum atomic E-state index is 11.9. The summed E-state index contributed by atoms with van der Waals surface area (Å²) in [4.78, 5) is 16.9. The molecule has 0 aliphatic carbocycles. The third-order valence-electron chi connectivity index (χ3n) is 5.94. The van der Waals surface area contributed by atoms with Crippen LogP contribution in [0.1, 0.15) is 44.6 Å². The molecule has 1 aromatic carbocycles. The standard InChI is InChI=1S/C22H36N4O/c1-19-9-16-25(17-10-19)14-5-4-12-23-22(27)24-13-6-15-26-18-11-20-7-2-3-8-21(20)26/h2-3,7-8,19H,4-6,9-18H2,1H3,(H2,23,24,27). The number of urea groups is 1. The van der Waals surface area contributed by atoms with Gasteiger partial charge >= 0.3 is 6.03 Å². The van der Waals surface area contributed by atoms with Crippen LogP contribution in [0.15, 0.2) is 24.3 Å². The molecule has 2 aliphatic rings. The van der Waals surface area contributed by atoms with Crippen molar-refractivity contribution < 1.29 is 4.79 Å². The van der Waals surface area contributed by atoms with Gasteiger partial charge in [-0.15, -0.1) is 0 Å². The molecule has 0 aromatic heterocycles. The molecule has 1 fully saturated rings. The third-order valence-corrected chi connectivity index (χ3v) is 5.94. The van der Waals surface area contributed by atoms with Gasteiger partial charge in [0.15, 0.2) is 0 Å². The molecule has 0 saturated carbocycles. The normalized spacial score (nSPS) is 17.7. The third kappa shape index (κ3) is 6.42. The van der Waals surface area contributed by atoms with Gasteiger partial charge in [-0.1, -0.05) is 25.1 Å². The van der Waals surface area contributed by atoms with E-state index in [-0.39, 0.29) is 6.03 Å². The summed E-state index contributed by atoms with van der Waals surface area (Å²) in [7, 11) is 0. The Balaban J connectivity index is 1.18. The van der Waals surface area contributed by atoms with E-state index >= 15 is 0 Å². The molecule has 2 N–H and O–H groups in total. The predicted molar refractivity (Wildman–Crippen MR) is 112 cm³/mol. The largest absolute Gasteiger partial charge is 0.371 e. The molecule has 0 bridgehead atoms. The molecule has 2 heterocycles. The molecule has 0 radical (unpaired) electrons. The monoisotopic (exact) mass is 372 g/mol. The SMILES string of the molecule is CC1CCN(CCCCNC(=O)NCCCN2CCc3ccccc32)CC1. The zero-order valence-electron chi connectivity index (χ0n) is 16.9. The zero-order chi connectivity index (χ0) is 18.9. The maximum Gasteiger partial charge on any atom is 0.314 e. The summed E-state index contributed by atoms with van der Waals surface area (Å²) in [6, 6.07) is 8.61. The Labute approximate surface area is 164 Å². The highest BCUT2D eigenvalue weighted by Crippen LogP contribution is 2.27. The van der Waals surface area contributed by atoms with E-state index in [1.54, 1.807) is 0 Å². The number of rotatable bonds is 9. The van der Waals surface area contributed by atoms with Crippen LogP contribution >= 0.6 is 0 Å². The van der Waals surface area contributed by atoms with E-state index in [1.165, 1.54) is 50.1 Å². The molecule has 5 nitrogen and oxygen atoms in total. The van der Waals surface area contributed by atoms with Crippen LogP contribution in [0.5, 0.6) is 0 Å². The summed E-state index contributed by atoms with van der Waals surface area (Å²) in [5.74, 6) is 0.895. The fourth-order valence-corrected chi connectivity index (χ4v) is 4.12. The number of carbonyl (C=O) groups excluding carboxylic acids is 1. The summed E-state index contributed by atoms with van der Waals surface area (Å²) in [5.41, 5.74) is 2.81. The number of benzene rings is 1. The average Bonchev–Trinajstić information content (AvgIpc) is 3.10. The lowest BCUT2D eigenvalue weighted by Gasteiger charge is -2.30. The van der Waals surface area contributed by atoms with Crippen molar-refractivity contribution in [3.8, 4) is 0 Å². The fraction of sp³-hybridized carbons (Fsp3) is 0.682. The molecule has 2 amide bonds. The summed E-state index contributed by atoms with van der Waals surface area (Å²) in [6.45, 7) is 9.63. The molecular formula is C22H36N4O. The highest BCUT2D eigenvalue weighted by atomic mass is 16.2. The second-order valence-electron chi connectivity index (χ2n) is 8.13. The highest BCUT2D eigenvalue weighted by molar-refractivity contribution is 5.73. The average molecular weight is 373 g/mol.